The molecule has 3 saturated heterocycles. The van der Waals surface area contributed by atoms with E-state index >= 15 is 0 Å². The van der Waals surface area contributed by atoms with Crippen molar-refractivity contribution in [3.05, 3.63) is 0 Å². The van der Waals surface area contributed by atoms with Gasteiger partial charge in [0.1, 0.15) is 0 Å². The van der Waals surface area contributed by atoms with Crippen LogP contribution in [0.1, 0.15) is 25.7 Å². The second-order valence-electron chi connectivity index (χ2n) is 5.89. The van der Waals surface area contributed by atoms with Crippen LogP contribution in [0.2, 0.25) is 0 Å². The lowest BCUT2D eigenvalue weighted by Gasteiger charge is -2.28. The topological polar surface area (TPSA) is 58.6 Å². The molecule has 0 radical (unpaired) electrons. The van der Waals surface area contributed by atoms with E-state index in [4.69, 9.17) is 4.74 Å². The molecule has 3 aliphatic rings. The van der Waals surface area contributed by atoms with Gasteiger partial charge in [0.05, 0.1) is 11.9 Å². The minimum Gasteiger partial charge on any atom is -0.380 e. The summed E-state index contributed by atoms with van der Waals surface area (Å²) < 4.78 is 32.2. The van der Waals surface area contributed by atoms with E-state index in [9.17, 15) is 8.42 Å². The Morgan fingerprint density at radius 2 is 2.22 bits per heavy atom. The molecule has 3 heterocycles. The number of nitrogens with one attached hydrogen (secondary N) is 1. The summed E-state index contributed by atoms with van der Waals surface area (Å²) in [6, 6.07) is 0. The summed E-state index contributed by atoms with van der Waals surface area (Å²) in [7, 11) is -3.14. The molecule has 0 aliphatic carbocycles. The van der Waals surface area contributed by atoms with Crippen molar-refractivity contribution >= 4 is 10.0 Å². The quantitative estimate of drug-likeness (QED) is 0.780. The summed E-state index contributed by atoms with van der Waals surface area (Å²) >= 11 is 0. The van der Waals surface area contributed by atoms with Crippen LogP contribution in [0.3, 0.4) is 0 Å². The van der Waals surface area contributed by atoms with E-state index in [-0.39, 0.29) is 10.7 Å². The van der Waals surface area contributed by atoms with Gasteiger partial charge in [0.25, 0.3) is 0 Å². The predicted octanol–water partition coefficient (Wildman–Crippen LogP) is 0.181. The minimum absolute atomic E-state index is 0.211. The highest BCUT2D eigenvalue weighted by atomic mass is 32.2. The molecule has 0 bridgehead atoms. The first-order chi connectivity index (χ1) is 8.62. The summed E-state index contributed by atoms with van der Waals surface area (Å²) in [6.07, 6.45) is 3.74. The van der Waals surface area contributed by atoms with Crippen LogP contribution in [0.25, 0.3) is 0 Å². The minimum atomic E-state index is -3.14. The van der Waals surface area contributed by atoms with Crippen molar-refractivity contribution in [3.8, 4) is 0 Å². The molecule has 18 heavy (non-hydrogen) atoms. The molecule has 0 saturated carbocycles. The van der Waals surface area contributed by atoms with Gasteiger partial charge in [-0.05, 0) is 37.6 Å². The van der Waals surface area contributed by atoms with Crippen molar-refractivity contribution in [2.24, 2.45) is 5.41 Å². The van der Waals surface area contributed by atoms with E-state index in [0.717, 1.165) is 38.8 Å². The maximum absolute atomic E-state index is 12.6. The van der Waals surface area contributed by atoms with E-state index in [1.54, 1.807) is 4.31 Å². The maximum Gasteiger partial charge on any atom is 0.219 e. The predicted molar refractivity (Wildman–Crippen MR) is 68.9 cm³/mol. The Labute approximate surface area is 109 Å². The average Bonchev–Trinajstić information content (AvgIpc) is 3.02. The number of hydrogen-bond donors (Lipinski definition) is 1. The molecule has 2 atom stereocenters. The molecular weight excluding hydrogens is 252 g/mol. The number of ether oxygens (including phenoxy) is 1. The molecule has 3 fully saturated rings. The van der Waals surface area contributed by atoms with Gasteiger partial charge in [0.2, 0.25) is 10.0 Å². The Kier molecular flexibility index (Phi) is 3.38. The Balaban J connectivity index is 1.70. The zero-order chi connectivity index (χ0) is 12.6. The summed E-state index contributed by atoms with van der Waals surface area (Å²) in [5.74, 6) is 0. The second-order valence-corrected chi connectivity index (χ2v) is 8.11. The summed E-state index contributed by atoms with van der Waals surface area (Å²) in [4.78, 5) is 0. The van der Waals surface area contributed by atoms with E-state index in [1.165, 1.54) is 0 Å². The smallest absolute Gasteiger partial charge is 0.219 e. The lowest BCUT2D eigenvalue weighted by Crippen LogP contribution is -2.42. The molecule has 0 aromatic rings. The monoisotopic (exact) mass is 274 g/mol. The van der Waals surface area contributed by atoms with Gasteiger partial charge < -0.3 is 10.1 Å². The van der Waals surface area contributed by atoms with Crippen LogP contribution in [0.15, 0.2) is 0 Å². The molecule has 6 heteroatoms. The van der Waals surface area contributed by atoms with Gasteiger partial charge in [0, 0.05) is 26.2 Å². The largest absolute Gasteiger partial charge is 0.380 e. The molecule has 2 unspecified atom stereocenters. The first-order valence-corrected chi connectivity index (χ1v) is 8.40. The average molecular weight is 274 g/mol. The summed E-state index contributed by atoms with van der Waals surface area (Å²) in [6.45, 7) is 4.49. The number of sulfonamides is 1. The van der Waals surface area contributed by atoms with Crippen LogP contribution in [-0.2, 0) is 14.8 Å². The summed E-state index contributed by atoms with van der Waals surface area (Å²) in [5, 5.41) is 3.05. The molecule has 0 amide bonds. The van der Waals surface area contributed by atoms with E-state index in [0.29, 0.717) is 26.3 Å². The third kappa shape index (κ3) is 2.19. The molecule has 1 N–H and O–H groups in total. The summed E-state index contributed by atoms with van der Waals surface area (Å²) in [5.41, 5.74) is 0.211. The third-order valence-electron chi connectivity index (χ3n) is 4.64. The molecule has 1 spiro atoms. The van der Waals surface area contributed by atoms with Gasteiger partial charge in [-0.15, -0.1) is 0 Å². The zero-order valence-electron chi connectivity index (χ0n) is 10.7. The standard InChI is InChI=1S/C12H22N2O3S/c15-18(16,11-2-1-7-17-8-11)14-6-4-12(10-14)3-5-13-9-12/h11,13H,1-10H2. The molecule has 0 aromatic heterocycles. The van der Waals surface area contributed by atoms with Crippen molar-refractivity contribution in [3.63, 3.8) is 0 Å². The molecular formula is C12H22N2O3S. The van der Waals surface area contributed by atoms with Crippen LogP contribution >= 0.6 is 0 Å². The highest BCUT2D eigenvalue weighted by Crippen LogP contribution is 2.38. The van der Waals surface area contributed by atoms with Crippen LogP contribution in [0, 0.1) is 5.41 Å². The van der Waals surface area contributed by atoms with Crippen molar-refractivity contribution in [1.29, 1.82) is 0 Å². The lowest BCUT2D eigenvalue weighted by atomic mass is 9.87. The molecule has 0 aromatic carbocycles. The fourth-order valence-electron chi connectivity index (χ4n) is 3.41. The van der Waals surface area contributed by atoms with Gasteiger partial charge >= 0.3 is 0 Å². The van der Waals surface area contributed by atoms with Gasteiger partial charge in [-0.1, -0.05) is 0 Å². The van der Waals surface area contributed by atoms with Crippen LogP contribution in [0.4, 0.5) is 0 Å². The highest BCUT2D eigenvalue weighted by molar-refractivity contribution is 7.89. The van der Waals surface area contributed by atoms with Gasteiger partial charge in [-0.2, -0.15) is 0 Å². The van der Waals surface area contributed by atoms with Crippen LogP contribution < -0.4 is 5.32 Å². The van der Waals surface area contributed by atoms with E-state index < -0.39 is 10.0 Å². The van der Waals surface area contributed by atoms with Crippen molar-refractivity contribution < 1.29 is 13.2 Å². The molecule has 5 nitrogen and oxygen atoms in total. The Bertz CT molecular complexity index is 398. The number of rotatable bonds is 2. The van der Waals surface area contributed by atoms with Gasteiger partial charge in [-0.25, -0.2) is 12.7 Å². The van der Waals surface area contributed by atoms with Gasteiger partial charge in [-0.3, -0.25) is 0 Å². The Morgan fingerprint density at radius 1 is 1.33 bits per heavy atom. The van der Waals surface area contributed by atoms with Crippen molar-refractivity contribution in [2.45, 2.75) is 30.9 Å². The fourth-order valence-corrected chi connectivity index (χ4v) is 5.37. The maximum atomic E-state index is 12.6. The Morgan fingerprint density at radius 3 is 2.89 bits per heavy atom. The Hall–Kier alpha value is -0.170. The van der Waals surface area contributed by atoms with Crippen LogP contribution in [0.5, 0.6) is 0 Å². The SMILES string of the molecule is O=S(=O)(C1CCCOC1)N1CCC2(CCNC2)C1. The van der Waals surface area contributed by atoms with Crippen LogP contribution in [-0.4, -0.2) is 57.4 Å². The third-order valence-corrected chi connectivity index (χ3v) is 6.88. The second kappa shape index (κ2) is 4.74. The first-order valence-electron chi connectivity index (χ1n) is 6.90. The number of nitrogens with zero attached hydrogens (tertiary/aromatic N) is 1. The first kappa shape index (κ1) is 12.8. The van der Waals surface area contributed by atoms with Gasteiger partial charge in [0.15, 0.2) is 0 Å². The van der Waals surface area contributed by atoms with Crippen molar-refractivity contribution in [2.75, 3.05) is 39.4 Å². The van der Waals surface area contributed by atoms with Crippen molar-refractivity contribution in [1.82, 2.24) is 9.62 Å². The normalized spacial score (nSPS) is 38.6. The zero-order valence-corrected chi connectivity index (χ0v) is 11.5. The molecule has 3 aliphatic heterocycles. The van der Waals surface area contributed by atoms with E-state index in [2.05, 4.69) is 5.32 Å². The lowest BCUT2D eigenvalue weighted by molar-refractivity contribution is 0.0976. The molecule has 104 valence electrons. The molecule has 3 rings (SSSR count). The van der Waals surface area contributed by atoms with E-state index in [1.807, 2.05) is 0 Å². The highest BCUT2D eigenvalue weighted by Gasteiger charge is 2.46. The number of hydrogen-bond acceptors (Lipinski definition) is 4. The fraction of sp³-hybridized carbons (Fsp3) is 1.00.